The van der Waals surface area contributed by atoms with Gasteiger partial charge in [0.25, 0.3) is 20.2 Å². The summed E-state index contributed by atoms with van der Waals surface area (Å²) in [6.07, 6.45) is 0. The van der Waals surface area contributed by atoms with Crippen molar-refractivity contribution >= 4 is 48.1 Å². The number of aryl methyl sites for hydroxylation is 1. The number of fused-ring (bicyclic) bond motifs is 1. The van der Waals surface area contributed by atoms with Gasteiger partial charge in [0.2, 0.25) is 0 Å². The van der Waals surface area contributed by atoms with Crippen molar-refractivity contribution in [1.82, 2.24) is 0 Å². The zero-order chi connectivity index (χ0) is 22.4. The van der Waals surface area contributed by atoms with E-state index in [2.05, 4.69) is 10.2 Å². The molecule has 0 fully saturated rings. The molecule has 0 amide bonds. The topological polar surface area (TPSA) is 200 Å². The average Bonchev–Trinajstić information content (AvgIpc) is 2.60. The van der Waals surface area contributed by atoms with Crippen LogP contribution in [0.15, 0.2) is 56.4 Å². The summed E-state index contributed by atoms with van der Waals surface area (Å²) in [4.78, 5) is -1.74. The maximum atomic E-state index is 11.8. The molecule has 0 saturated carbocycles. The molecule has 3 aromatic carbocycles. The first-order chi connectivity index (χ1) is 13.8. The third kappa shape index (κ3) is 4.95. The van der Waals surface area contributed by atoms with Crippen LogP contribution in [0, 0.1) is 6.92 Å². The van der Waals surface area contributed by atoms with Crippen LogP contribution in [0.3, 0.4) is 0 Å². The standard InChI is InChI=1S/C17H15N3O8S2.Cu/c1-8-4-9-5-11(29(23,24)25)7-14(30(26,27)28)15(9)17(22)16(8)20-19-12-3-2-10(18)6-13(12)21;/h2-7,21-22H,18H2,1H3,(H,23,24,25)(H,26,27,28);. The summed E-state index contributed by atoms with van der Waals surface area (Å²) < 4.78 is 65.3. The van der Waals surface area contributed by atoms with E-state index >= 15 is 0 Å². The molecule has 1 radical (unpaired) electrons. The summed E-state index contributed by atoms with van der Waals surface area (Å²) in [5.41, 5.74) is 5.89. The fraction of sp³-hybridized carbons (Fsp3) is 0.0588. The third-order valence-electron chi connectivity index (χ3n) is 4.15. The Balaban J connectivity index is 0.00000341. The molecule has 0 aliphatic rings. The Morgan fingerprint density at radius 2 is 1.55 bits per heavy atom. The quantitative estimate of drug-likeness (QED) is 0.149. The maximum absolute atomic E-state index is 11.8. The Kier molecular flexibility index (Phi) is 6.66. The summed E-state index contributed by atoms with van der Waals surface area (Å²) in [5.74, 6) is -0.994. The van der Waals surface area contributed by atoms with Crippen molar-refractivity contribution in [3.8, 4) is 11.5 Å². The maximum Gasteiger partial charge on any atom is 0.295 e. The van der Waals surface area contributed by atoms with Gasteiger partial charge < -0.3 is 15.9 Å². The number of rotatable bonds is 4. The van der Waals surface area contributed by atoms with Crippen LogP contribution < -0.4 is 5.73 Å². The SMILES string of the molecule is Cc1cc2cc(S(=O)(=O)O)cc(S(=O)(=O)O)c2c(O)c1N=Nc1ccc(N)cc1O.[Cu]. The number of hydrogen-bond acceptors (Lipinski definition) is 9. The summed E-state index contributed by atoms with van der Waals surface area (Å²) in [6, 6.07) is 6.77. The van der Waals surface area contributed by atoms with Crippen LogP contribution in [0.25, 0.3) is 10.8 Å². The van der Waals surface area contributed by atoms with E-state index in [0.29, 0.717) is 6.07 Å². The number of phenolic OH excluding ortho intramolecular Hbond substituents is 2. The molecular formula is C17H15CuN3O8S2. The second kappa shape index (κ2) is 8.42. The molecule has 11 nitrogen and oxygen atoms in total. The molecule has 0 bridgehead atoms. The van der Waals surface area contributed by atoms with Gasteiger partial charge >= 0.3 is 0 Å². The molecule has 3 aromatic rings. The number of hydrogen-bond donors (Lipinski definition) is 5. The van der Waals surface area contributed by atoms with Crippen molar-refractivity contribution in [3.05, 3.63) is 42.0 Å². The Bertz CT molecular complexity index is 1440. The fourth-order valence-electron chi connectivity index (χ4n) is 2.79. The van der Waals surface area contributed by atoms with Gasteiger partial charge in [0.15, 0.2) is 5.75 Å². The molecule has 0 saturated heterocycles. The van der Waals surface area contributed by atoms with E-state index in [1.807, 2.05) is 0 Å². The van der Waals surface area contributed by atoms with Crippen molar-refractivity contribution in [2.45, 2.75) is 16.7 Å². The van der Waals surface area contributed by atoms with E-state index in [4.69, 9.17) is 5.73 Å². The first kappa shape index (κ1) is 24.5. The van der Waals surface area contributed by atoms with E-state index in [-0.39, 0.29) is 50.8 Å². The van der Waals surface area contributed by atoms with Gasteiger partial charge in [-0.25, -0.2) is 0 Å². The van der Waals surface area contributed by atoms with Gasteiger partial charge in [-0.3, -0.25) is 9.11 Å². The first-order valence-corrected chi connectivity index (χ1v) is 10.9. The van der Waals surface area contributed by atoms with Crippen LogP contribution in [0.1, 0.15) is 5.56 Å². The van der Waals surface area contributed by atoms with E-state index in [1.54, 1.807) is 0 Å². The first-order valence-electron chi connectivity index (χ1n) is 8.04. The predicted octanol–water partition coefficient (Wildman–Crippen LogP) is 3.05. The van der Waals surface area contributed by atoms with Crippen LogP contribution in [0.2, 0.25) is 0 Å². The molecule has 0 spiro atoms. The fourth-order valence-corrected chi connectivity index (χ4v) is 4.16. The molecule has 31 heavy (non-hydrogen) atoms. The number of nitrogens with two attached hydrogens (primary N) is 1. The second-order valence-electron chi connectivity index (χ2n) is 6.31. The number of nitrogen functional groups attached to an aromatic ring is 1. The summed E-state index contributed by atoms with van der Waals surface area (Å²) in [6.45, 7) is 1.48. The summed E-state index contributed by atoms with van der Waals surface area (Å²) in [5, 5.41) is 27.6. The Hall–Kier alpha value is -2.74. The van der Waals surface area contributed by atoms with Crippen LogP contribution in [-0.4, -0.2) is 36.2 Å². The molecule has 14 heteroatoms. The minimum Gasteiger partial charge on any atom is -0.506 e. The second-order valence-corrected chi connectivity index (χ2v) is 9.12. The molecule has 0 aliphatic heterocycles. The van der Waals surface area contributed by atoms with Crippen molar-refractivity contribution in [1.29, 1.82) is 0 Å². The van der Waals surface area contributed by atoms with Crippen molar-refractivity contribution in [3.63, 3.8) is 0 Å². The summed E-state index contributed by atoms with van der Waals surface area (Å²) in [7, 11) is -9.81. The molecular weight excluding hydrogens is 502 g/mol. The molecule has 0 heterocycles. The molecule has 0 aromatic heterocycles. The monoisotopic (exact) mass is 516 g/mol. The Morgan fingerprint density at radius 3 is 2.10 bits per heavy atom. The van der Waals surface area contributed by atoms with Gasteiger partial charge in [-0.1, -0.05) is 0 Å². The Morgan fingerprint density at radius 1 is 0.903 bits per heavy atom. The molecule has 0 unspecified atom stereocenters. The number of azo groups is 1. The number of phenols is 2. The predicted molar refractivity (Wildman–Crippen MR) is 107 cm³/mol. The van der Waals surface area contributed by atoms with Crippen LogP contribution >= 0.6 is 0 Å². The smallest absolute Gasteiger partial charge is 0.295 e. The summed E-state index contributed by atoms with van der Waals surface area (Å²) >= 11 is 0. The van der Waals surface area contributed by atoms with Crippen LogP contribution in [0.5, 0.6) is 11.5 Å². The zero-order valence-electron chi connectivity index (χ0n) is 15.5. The molecule has 3 rings (SSSR count). The van der Waals surface area contributed by atoms with Crippen LogP contribution in [0.4, 0.5) is 17.1 Å². The molecule has 169 valence electrons. The van der Waals surface area contributed by atoms with Crippen molar-refractivity contribution < 1.29 is 53.2 Å². The van der Waals surface area contributed by atoms with Gasteiger partial charge in [-0.2, -0.15) is 16.8 Å². The van der Waals surface area contributed by atoms with Gasteiger partial charge in [-0.15, -0.1) is 10.2 Å². The van der Waals surface area contributed by atoms with E-state index < -0.39 is 41.2 Å². The normalized spacial score (nSPS) is 12.2. The van der Waals surface area contributed by atoms with Gasteiger partial charge in [-0.05, 0) is 48.2 Å². The van der Waals surface area contributed by atoms with E-state index in [9.17, 15) is 36.2 Å². The van der Waals surface area contributed by atoms with E-state index in [1.165, 1.54) is 31.2 Å². The number of aromatic hydroxyl groups is 2. The Labute approximate surface area is 187 Å². The zero-order valence-corrected chi connectivity index (χ0v) is 18.1. The van der Waals surface area contributed by atoms with Crippen LogP contribution in [-0.2, 0) is 37.3 Å². The van der Waals surface area contributed by atoms with Gasteiger partial charge in [0, 0.05) is 34.2 Å². The number of anilines is 1. The largest absolute Gasteiger partial charge is 0.506 e. The molecule has 0 aliphatic carbocycles. The number of nitrogens with zero attached hydrogens (tertiary/aromatic N) is 2. The minimum atomic E-state index is -5.00. The van der Waals surface area contributed by atoms with Gasteiger partial charge in [0.1, 0.15) is 22.0 Å². The van der Waals surface area contributed by atoms with E-state index in [0.717, 1.165) is 6.07 Å². The van der Waals surface area contributed by atoms with Crippen molar-refractivity contribution in [2.24, 2.45) is 10.2 Å². The number of benzene rings is 3. The van der Waals surface area contributed by atoms with Crippen molar-refractivity contribution in [2.75, 3.05) is 5.73 Å². The molecule has 0 atom stereocenters. The van der Waals surface area contributed by atoms with Gasteiger partial charge in [0.05, 0.1) is 4.90 Å². The third-order valence-corrected chi connectivity index (χ3v) is 5.86. The minimum absolute atomic E-state index is 0. The average molecular weight is 517 g/mol. The molecule has 6 N–H and O–H groups in total.